The SMILES string of the molecule is C=C[C@]1(C)O[C@H]1CC[C@@H]1C(=C)CC[C@H]2[C@H]1CCC[C@]2(C)C(=O)OC. The Labute approximate surface area is 146 Å². The molecule has 6 atom stereocenters. The lowest BCUT2D eigenvalue weighted by Gasteiger charge is -2.50. The summed E-state index contributed by atoms with van der Waals surface area (Å²) < 4.78 is 11.0. The van der Waals surface area contributed by atoms with Gasteiger partial charge in [-0.05, 0) is 70.1 Å². The first-order valence-corrected chi connectivity index (χ1v) is 9.43. The van der Waals surface area contributed by atoms with E-state index in [1.807, 2.05) is 6.08 Å². The van der Waals surface area contributed by atoms with Gasteiger partial charge in [-0.25, -0.2) is 0 Å². The van der Waals surface area contributed by atoms with Crippen LogP contribution in [0, 0.1) is 23.2 Å². The summed E-state index contributed by atoms with van der Waals surface area (Å²) in [5.74, 6) is 1.50. The van der Waals surface area contributed by atoms with Crippen molar-refractivity contribution in [1.82, 2.24) is 0 Å². The Morgan fingerprint density at radius 3 is 2.75 bits per heavy atom. The van der Waals surface area contributed by atoms with Crippen molar-refractivity contribution in [2.24, 2.45) is 23.2 Å². The Hall–Kier alpha value is -1.09. The summed E-state index contributed by atoms with van der Waals surface area (Å²) >= 11 is 0. The first-order valence-electron chi connectivity index (χ1n) is 9.43. The average Bonchev–Trinajstić information content (AvgIpc) is 3.24. The van der Waals surface area contributed by atoms with Gasteiger partial charge in [-0.2, -0.15) is 0 Å². The maximum Gasteiger partial charge on any atom is 0.311 e. The molecule has 0 aromatic heterocycles. The molecule has 3 rings (SSSR count). The van der Waals surface area contributed by atoms with E-state index >= 15 is 0 Å². The summed E-state index contributed by atoms with van der Waals surface area (Å²) in [5.41, 5.74) is 0.941. The smallest absolute Gasteiger partial charge is 0.311 e. The van der Waals surface area contributed by atoms with Crippen molar-refractivity contribution in [2.75, 3.05) is 7.11 Å². The van der Waals surface area contributed by atoms with Crippen LogP contribution in [-0.4, -0.2) is 24.8 Å². The molecular formula is C21H32O3. The second kappa shape index (κ2) is 6.33. The van der Waals surface area contributed by atoms with Gasteiger partial charge in [-0.3, -0.25) is 4.79 Å². The van der Waals surface area contributed by atoms with Gasteiger partial charge in [-0.15, -0.1) is 6.58 Å². The molecule has 3 heteroatoms. The molecule has 24 heavy (non-hydrogen) atoms. The minimum Gasteiger partial charge on any atom is -0.469 e. The van der Waals surface area contributed by atoms with E-state index < -0.39 is 0 Å². The Morgan fingerprint density at radius 1 is 1.38 bits per heavy atom. The second-order valence-corrected chi connectivity index (χ2v) is 8.45. The second-order valence-electron chi connectivity index (χ2n) is 8.45. The van der Waals surface area contributed by atoms with Gasteiger partial charge >= 0.3 is 5.97 Å². The Morgan fingerprint density at radius 2 is 2.12 bits per heavy atom. The highest BCUT2D eigenvalue weighted by Gasteiger charge is 2.53. The first kappa shape index (κ1) is 17.7. The summed E-state index contributed by atoms with van der Waals surface area (Å²) in [7, 11) is 1.52. The van der Waals surface area contributed by atoms with Crippen LogP contribution in [0.4, 0.5) is 0 Å². The monoisotopic (exact) mass is 332 g/mol. The molecule has 2 saturated carbocycles. The predicted octanol–water partition coefficient (Wildman–Crippen LogP) is 4.67. The zero-order valence-electron chi connectivity index (χ0n) is 15.5. The number of carbonyl (C=O) groups is 1. The Balaban J connectivity index is 1.71. The van der Waals surface area contributed by atoms with Crippen molar-refractivity contribution < 1.29 is 14.3 Å². The van der Waals surface area contributed by atoms with Crippen LogP contribution >= 0.6 is 0 Å². The summed E-state index contributed by atoms with van der Waals surface area (Å²) in [6.45, 7) is 12.5. The third-order valence-corrected chi connectivity index (χ3v) is 7.16. The van der Waals surface area contributed by atoms with Crippen LogP contribution in [0.25, 0.3) is 0 Å². The molecule has 3 aliphatic rings. The number of epoxide rings is 1. The van der Waals surface area contributed by atoms with Crippen LogP contribution in [0.3, 0.4) is 0 Å². The zero-order valence-corrected chi connectivity index (χ0v) is 15.5. The molecule has 1 aliphatic heterocycles. The van der Waals surface area contributed by atoms with E-state index in [2.05, 4.69) is 27.0 Å². The third kappa shape index (κ3) is 2.85. The number of carbonyl (C=O) groups excluding carboxylic acids is 1. The molecule has 1 saturated heterocycles. The average molecular weight is 332 g/mol. The van der Waals surface area contributed by atoms with E-state index in [4.69, 9.17) is 9.47 Å². The van der Waals surface area contributed by atoms with Gasteiger partial charge in [0.25, 0.3) is 0 Å². The van der Waals surface area contributed by atoms with Gasteiger partial charge in [-0.1, -0.05) is 24.6 Å². The molecule has 0 spiro atoms. The first-order chi connectivity index (χ1) is 11.4. The predicted molar refractivity (Wildman–Crippen MR) is 95.5 cm³/mol. The number of hydrogen-bond donors (Lipinski definition) is 0. The van der Waals surface area contributed by atoms with Crippen molar-refractivity contribution in [3.8, 4) is 0 Å². The lowest BCUT2D eigenvalue weighted by molar-refractivity contribution is -0.161. The van der Waals surface area contributed by atoms with Crippen LogP contribution in [0.1, 0.15) is 58.8 Å². The molecule has 0 radical (unpaired) electrons. The normalized spacial score (nSPS) is 44.5. The molecule has 3 fully saturated rings. The highest BCUT2D eigenvalue weighted by molar-refractivity contribution is 5.77. The Kier molecular flexibility index (Phi) is 4.67. The summed E-state index contributed by atoms with van der Waals surface area (Å²) in [4.78, 5) is 12.5. The van der Waals surface area contributed by atoms with Crippen molar-refractivity contribution in [2.45, 2.75) is 70.5 Å². The number of esters is 1. The van der Waals surface area contributed by atoms with Gasteiger partial charge < -0.3 is 9.47 Å². The van der Waals surface area contributed by atoms with Crippen LogP contribution in [0.15, 0.2) is 24.8 Å². The molecule has 1 heterocycles. The molecule has 2 aliphatic carbocycles. The van der Waals surface area contributed by atoms with Crippen LogP contribution < -0.4 is 0 Å². The van der Waals surface area contributed by atoms with Crippen molar-refractivity contribution in [3.63, 3.8) is 0 Å². The maximum atomic E-state index is 12.5. The van der Waals surface area contributed by atoms with Gasteiger partial charge in [0.1, 0.15) is 5.60 Å². The van der Waals surface area contributed by atoms with Gasteiger partial charge in [0.15, 0.2) is 0 Å². The lowest BCUT2D eigenvalue weighted by Crippen LogP contribution is -2.47. The highest BCUT2D eigenvalue weighted by Crippen LogP contribution is 2.55. The van der Waals surface area contributed by atoms with Crippen molar-refractivity contribution in [3.05, 3.63) is 24.8 Å². The van der Waals surface area contributed by atoms with Gasteiger partial charge in [0, 0.05) is 0 Å². The topological polar surface area (TPSA) is 38.8 Å². The van der Waals surface area contributed by atoms with E-state index in [9.17, 15) is 4.79 Å². The number of ether oxygens (including phenoxy) is 2. The van der Waals surface area contributed by atoms with E-state index in [1.54, 1.807) is 0 Å². The fourth-order valence-electron chi connectivity index (χ4n) is 5.44. The number of methoxy groups -OCH3 is 1. The van der Waals surface area contributed by atoms with Crippen LogP contribution in [0.2, 0.25) is 0 Å². The van der Waals surface area contributed by atoms with Gasteiger partial charge in [0.05, 0.1) is 18.6 Å². The van der Waals surface area contributed by atoms with Gasteiger partial charge in [0.2, 0.25) is 0 Å². The number of rotatable bonds is 5. The maximum absolute atomic E-state index is 12.5. The molecule has 0 aromatic carbocycles. The summed E-state index contributed by atoms with van der Waals surface area (Å²) in [5, 5.41) is 0. The molecule has 0 N–H and O–H groups in total. The van der Waals surface area contributed by atoms with Crippen LogP contribution in [-0.2, 0) is 14.3 Å². The summed E-state index contributed by atoms with van der Waals surface area (Å²) in [6, 6.07) is 0. The Bertz CT molecular complexity index is 539. The molecule has 0 bridgehead atoms. The van der Waals surface area contributed by atoms with Crippen molar-refractivity contribution >= 4 is 5.97 Å². The molecule has 0 unspecified atom stereocenters. The number of hydrogen-bond acceptors (Lipinski definition) is 3. The van der Waals surface area contributed by atoms with E-state index in [-0.39, 0.29) is 17.0 Å². The van der Waals surface area contributed by atoms with Crippen molar-refractivity contribution in [1.29, 1.82) is 0 Å². The highest BCUT2D eigenvalue weighted by atomic mass is 16.6. The molecule has 134 valence electrons. The number of fused-ring (bicyclic) bond motifs is 1. The standard InChI is InChI=1S/C21H32O3/c1-6-21(4)18(24-21)12-10-15-14(2)9-11-17-16(15)8-7-13-20(17,3)19(22)23-5/h6,15-18H,1-2,7-13H2,3-5H3/t15-,16+,17+,18+,20+,21+/m1/s1. The molecular weight excluding hydrogens is 300 g/mol. The van der Waals surface area contributed by atoms with E-state index in [1.165, 1.54) is 19.1 Å². The fraction of sp³-hybridized carbons (Fsp3) is 0.762. The number of allylic oxidation sites excluding steroid dienone is 1. The van der Waals surface area contributed by atoms with E-state index in [0.717, 1.165) is 38.5 Å². The van der Waals surface area contributed by atoms with E-state index in [0.29, 0.717) is 23.9 Å². The largest absolute Gasteiger partial charge is 0.469 e. The third-order valence-electron chi connectivity index (χ3n) is 7.16. The lowest BCUT2D eigenvalue weighted by atomic mass is 9.54. The quantitative estimate of drug-likeness (QED) is 0.417. The van der Waals surface area contributed by atoms with Crippen LogP contribution in [0.5, 0.6) is 0 Å². The zero-order chi connectivity index (χ0) is 17.5. The minimum absolute atomic E-state index is 0.0202. The molecule has 0 amide bonds. The minimum atomic E-state index is -0.317. The molecule has 0 aromatic rings. The molecule has 3 nitrogen and oxygen atoms in total. The fourth-order valence-corrected chi connectivity index (χ4v) is 5.44. The summed E-state index contributed by atoms with van der Waals surface area (Å²) in [6.07, 6.45) is 9.81.